The van der Waals surface area contributed by atoms with E-state index in [1.165, 1.54) is 0 Å². The summed E-state index contributed by atoms with van der Waals surface area (Å²) in [6.45, 7) is 3.68. The molecule has 0 saturated carbocycles. The zero-order valence-corrected chi connectivity index (χ0v) is 15.0. The van der Waals surface area contributed by atoms with Gasteiger partial charge >= 0.3 is 5.97 Å². The quantitative estimate of drug-likeness (QED) is 0.665. The van der Waals surface area contributed by atoms with Crippen LogP contribution in [0.5, 0.6) is 0 Å². The number of nitrogens with one attached hydrogen (secondary N) is 2. The normalized spacial score (nSPS) is 10.7. The Kier molecular flexibility index (Phi) is 5.37. The molecule has 2 N–H and O–H groups in total. The van der Waals surface area contributed by atoms with Gasteiger partial charge in [0, 0.05) is 22.8 Å². The number of ether oxygens (including phenoxy) is 1. The number of carbonyl (C=O) groups excluding carboxylic acids is 2. The molecule has 1 heterocycles. The minimum Gasteiger partial charge on any atom is -0.455 e. The predicted molar refractivity (Wildman–Crippen MR) is 102 cm³/mol. The van der Waals surface area contributed by atoms with Gasteiger partial charge in [0.05, 0.1) is 6.42 Å². The molecule has 3 aromatic rings. The summed E-state index contributed by atoms with van der Waals surface area (Å²) in [5.41, 5.74) is 4.68. The molecule has 0 atom stereocenters. The van der Waals surface area contributed by atoms with Crippen molar-refractivity contribution in [1.29, 1.82) is 0 Å². The minimum atomic E-state index is -0.426. The second kappa shape index (κ2) is 7.87. The average molecular weight is 350 g/mol. The molecule has 0 unspecified atom stereocenters. The summed E-state index contributed by atoms with van der Waals surface area (Å²) in [4.78, 5) is 27.4. The van der Waals surface area contributed by atoms with Gasteiger partial charge in [0.2, 0.25) is 0 Å². The van der Waals surface area contributed by atoms with Crippen molar-refractivity contribution < 1.29 is 14.3 Å². The van der Waals surface area contributed by atoms with Gasteiger partial charge in [-0.1, -0.05) is 43.3 Å². The summed E-state index contributed by atoms with van der Waals surface area (Å²) in [5, 5.41) is 3.84. The summed E-state index contributed by atoms with van der Waals surface area (Å²) < 4.78 is 5.15. The monoisotopic (exact) mass is 350 g/mol. The molecular weight excluding hydrogens is 328 g/mol. The van der Waals surface area contributed by atoms with E-state index < -0.39 is 5.97 Å². The van der Waals surface area contributed by atoms with Gasteiger partial charge in [-0.2, -0.15) is 0 Å². The summed E-state index contributed by atoms with van der Waals surface area (Å²) in [6.07, 6.45) is 2.74. The molecule has 3 rings (SSSR count). The molecule has 26 heavy (non-hydrogen) atoms. The number of para-hydroxylation sites is 2. The topological polar surface area (TPSA) is 71.2 Å². The van der Waals surface area contributed by atoms with Crippen LogP contribution in [0.1, 0.15) is 23.6 Å². The van der Waals surface area contributed by atoms with E-state index in [0.29, 0.717) is 0 Å². The highest BCUT2D eigenvalue weighted by Gasteiger charge is 2.13. The number of aromatic nitrogens is 1. The molecule has 0 radical (unpaired) electrons. The summed E-state index contributed by atoms with van der Waals surface area (Å²) in [5.74, 6) is -0.758. The van der Waals surface area contributed by atoms with Gasteiger partial charge in [-0.25, -0.2) is 0 Å². The number of amides is 1. The number of H-pyrrole nitrogens is 1. The molecule has 134 valence electrons. The van der Waals surface area contributed by atoms with Crippen molar-refractivity contribution in [1.82, 2.24) is 4.98 Å². The highest BCUT2D eigenvalue weighted by atomic mass is 16.5. The number of hydrogen-bond acceptors (Lipinski definition) is 3. The molecule has 0 aliphatic rings. The van der Waals surface area contributed by atoms with Crippen LogP contribution in [0, 0.1) is 6.92 Å². The maximum Gasteiger partial charge on any atom is 0.310 e. The third-order valence-electron chi connectivity index (χ3n) is 4.38. The van der Waals surface area contributed by atoms with E-state index in [-0.39, 0.29) is 18.9 Å². The lowest BCUT2D eigenvalue weighted by Crippen LogP contribution is -2.22. The molecule has 2 aromatic carbocycles. The van der Waals surface area contributed by atoms with E-state index in [4.69, 9.17) is 4.74 Å². The Balaban J connectivity index is 1.57. The van der Waals surface area contributed by atoms with E-state index in [1.807, 2.05) is 56.3 Å². The number of rotatable bonds is 6. The SMILES string of the molecule is CCc1cccc(C)c1NC(=O)COC(=O)Cc1c[nH]c2ccccc12. The second-order valence-electron chi connectivity index (χ2n) is 6.21. The number of carbonyl (C=O) groups is 2. The summed E-state index contributed by atoms with van der Waals surface area (Å²) in [6, 6.07) is 13.6. The maximum atomic E-state index is 12.2. The molecule has 0 saturated heterocycles. The highest BCUT2D eigenvalue weighted by molar-refractivity contribution is 5.94. The molecule has 5 heteroatoms. The van der Waals surface area contributed by atoms with E-state index in [0.717, 1.165) is 39.7 Å². The molecule has 0 aliphatic carbocycles. The molecule has 0 aliphatic heterocycles. The van der Waals surface area contributed by atoms with Crippen LogP contribution in [-0.4, -0.2) is 23.5 Å². The van der Waals surface area contributed by atoms with Crippen molar-refractivity contribution in [2.45, 2.75) is 26.7 Å². The van der Waals surface area contributed by atoms with Crippen LogP contribution < -0.4 is 5.32 Å². The highest BCUT2D eigenvalue weighted by Crippen LogP contribution is 2.21. The van der Waals surface area contributed by atoms with Crippen molar-refractivity contribution in [3.05, 3.63) is 65.4 Å². The maximum absolute atomic E-state index is 12.2. The Bertz CT molecular complexity index is 943. The fraction of sp³-hybridized carbons (Fsp3) is 0.238. The van der Waals surface area contributed by atoms with Crippen LogP contribution in [-0.2, 0) is 27.2 Å². The first-order valence-electron chi connectivity index (χ1n) is 8.67. The van der Waals surface area contributed by atoms with Crippen LogP contribution in [0.2, 0.25) is 0 Å². The van der Waals surface area contributed by atoms with Gasteiger partial charge in [0.25, 0.3) is 5.91 Å². The van der Waals surface area contributed by atoms with Gasteiger partial charge in [0.1, 0.15) is 0 Å². The number of anilines is 1. The first kappa shape index (κ1) is 17.7. The molecule has 5 nitrogen and oxygen atoms in total. The first-order chi connectivity index (χ1) is 12.6. The predicted octanol–water partition coefficient (Wildman–Crippen LogP) is 3.76. The van der Waals surface area contributed by atoms with Gasteiger partial charge < -0.3 is 15.0 Å². The van der Waals surface area contributed by atoms with Crippen LogP contribution in [0.25, 0.3) is 10.9 Å². The Morgan fingerprint density at radius 1 is 1.08 bits per heavy atom. The number of fused-ring (bicyclic) bond motifs is 1. The molecule has 0 bridgehead atoms. The number of benzene rings is 2. The molecule has 1 amide bonds. The zero-order chi connectivity index (χ0) is 18.5. The number of aromatic amines is 1. The number of esters is 1. The Labute approximate surface area is 152 Å². The Morgan fingerprint density at radius 2 is 1.88 bits per heavy atom. The van der Waals surface area contributed by atoms with Gasteiger partial charge in [0.15, 0.2) is 6.61 Å². The molecule has 0 spiro atoms. The molecule has 0 fully saturated rings. The minimum absolute atomic E-state index is 0.127. The van der Waals surface area contributed by atoms with Crippen LogP contribution in [0.15, 0.2) is 48.7 Å². The van der Waals surface area contributed by atoms with E-state index in [9.17, 15) is 9.59 Å². The van der Waals surface area contributed by atoms with Crippen LogP contribution in [0.3, 0.4) is 0 Å². The smallest absolute Gasteiger partial charge is 0.310 e. The average Bonchev–Trinajstić information content (AvgIpc) is 3.05. The van der Waals surface area contributed by atoms with Gasteiger partial charge in [-0.05, 0) is 36.1 Å². The third-order valence-corrected chi connectivity index (χ3v) is 4.38. The summed E-state index contributed by atoms with van der Waals surface area (Å²) in [7, 11) is 0. The molecular formula is C21H22N2O3. The fourth-order valence-corrected chi connectivity index (χ4v) is 3.01. The van der Waals surface area contributed by atoms with Crippen molar-refractivity contribution in [3.63, 3.8) is 0 Å². The number of aryl methyl sites for hydroxylation is 2. The Morgan fingerprint density at radius 3 is 2.69 bits per heavy atom. The van der Waals surface area contributed by atoms with E-state index >= 15 is 0 Å². The lowest BCUT2D eigenvalue weighted by atomic mass is 10.1. The third kappa shape index (κ3) is 3.94. The van der Waals surface area contributed by atoms with Crippen molar-refractivity contribution >= 4 is 28.5 Å². The van der Waals surface area contributed by atoms with Crippen molar-refractivity contribution in [3.8, 4) is 0 Å². The zero-order valence-electron chi connectivity index (χ0n) is 15.0. The van der Waals surface area contributed by atoms with E-state index in [1.54, 1.807) is 6.20 Å². The fourth-order valence-electron chi connectivity index (χ4n) is 3.01. The Hall–Kier alpha value is -3.08. The largest absolute Gasteiger partial charge is 0.455 e. The van der Waals surface area contributed by atoms with Crippen LogP contribution >= 0.6 is 0 Å². The lowest BCUT2D eigenvalue weighted by Gasteiger charge is -2.13. The lowest BCUT2D eigenvalue weighted by molar-refractivity contribution is -0.146. The number of hydrogen-bond donors (Lipinski definition) is 2. The van der Waals surface area contributed by atoms with Crippen molar-refractivity contribution in [2.24, 2.45) is 0 Å². The second-order valence-corrected chi connectivity index (χ2v) is 6.21. The summed E-state index contributed by atoms with van der Waals surface area (Å²) >= 11 is 0. The van der Waals surface area contributed by atoms with Gasteiger partial charge in [-0.3, -0.25) is 9.59 Å². The van der Waals surface area contributed by atoms with Gasteiger partial charge in [-0.15, -0.1) is 0 Å². The van der Waals surface area contributed by atoms with Crippen LogP contribution in [0.4, 0.5) is 5.69 Å². The molecule has 1 aromatic heterocycles. The first-order valence-corrected chi connectivity index (χ1v) is 8.67. The van der Waals surface area contributed by atoms with Crippen molar-refractivity contribution in [2.75, 3.05) is 11.9 Å². The van der Waals surface area contributed by atoms with E-state index in [2.05, 4.69) is 10.3 Å². The standard InChI is InChI=1S/C21H22N2O3/c1-3-15-8-6-7-14(2)21(15)23-19(24)13-26-20(25)11-16-12-22-18-10-5-4-9-17(16)18/h4-10,12,22H,3,11,13H2,1-2H3,(H,23,24).